The van der Waals surface area contributed by atoms with Crippen molar-refractivity contribution in [1.82, 2.24) is 24.6 Å². The third-order valence-corrected chi connectivity index (χ3v) is 7.37. The first kappa shape index (κ1) is 24.6. The van der Waals surface area contributed by atoms with E-state index in [4.69, 9.17) is 31.0 Å². The summed E-state index contributed by atoms with van der Waals surface area (Å²) in [6.45, 7) is 3.96. The molecule has 0 aliphatic carbocycles. The lowest BCUT2D eigenvalue weighted by Gasteiger charge is -2.36. The van der Waals surface area contributed by atoms with E-state index in [2.05, 4.69) is 10.00 Å². The maximum Gasteiger partial charge on any atom is 0.260 e. The molecule has 6 rings (SSSR count). The summed E-state index contributed by atoms with van der Waals surface area (Å²) < 4.78 is 13.1. The Bertz CT molecular complexity index is 1400. The van der Waals surface area contributed by atoms with Crippen molar-refractivity contribution < 1.29 is 14.3 Å². The van der Waals surface area contributed by atoms with Crippen molar-refractivity contribution in [3.63, 3.8) is 0 Å². The van der Waals surface area contributed by atoms with E-state index in [-0.39, 0.29) is 18.4 Å². The van der Waals surface area contributed by atoms with Crippen LogP contribution in [0.1, 0.15) is 24.6 Å². The lowest BCUT2D eigenvalue weighted by atomic mass is 9.99. The van der Waals surface area contributed by atoms with E-state index in [1.54, 1.807) is 24.3 Å². The SMILES string of the molecule is O=C(COc1ccc(Cl)cc1)N1CCN(c2nc(C3CCOCC3)nc3c2cnn3-c2ccccc2)CC1. The van der Waals surface area contributed by atoms with Crippen LogP contribution in [0.2, 0.25) is 5.02 Å². The van der Waals surface area contributed by atoms with Crippen molar-refractivity contribution >= 4 is 34.4 Å². The molecule has 4 aromatic rings. The van der Waals surface area contributed by atoms with Crippen LogP contribution < -0.4 is 9.64 Å². The number of para-hydroxylation sites is 1. The van der Waals surface area contributed by atoms with Gasteiger partial charge >= 0.3 is 0 Å². The zero-order chi connectivity index (χ0) is 25.9. The fraction of sp³-hybridized carbons (Fsp3) is 0.357. The number of hydrogen-bond acceptors (Lipinski definition) is 7. The van der Waals surface area contributed by atoms with Crippen molar-refractivity contribution in [1.29, 1.82) is 0 Å². The number of fused-ring (bicyclic) bond motifs is 1. The summed E-state index contributed by atoms with van der Waals surface area (Å²) in [6, 6.07) is 17.1. The predicted octanol–water partition coefficient (Wildman–Crippen LogP) is 4.09. The van der Waals surface area contributed by atoms with Gasteiger partial charge in [0.25, 0.3) is 5.91 Å². The Morgan fingerprint density at radius 3 is 2.45 bits per heavy atom. The number of hydrogen-bond donors (Lipinski definition) is 0. The highest BCUT2D eigenvalue weighted by Crippen LogP contribution is 2.31. The zero-order valence-corrected chi connectivity index (χ0v) is 21.8. The van der Waals surface area contributed by atoms with E-state index in [1.165, 1.54) is 0 Å². The molecule has 1 amide bonds. The lowest BCUT2D eigenvalue weighted by Crippen LogP contribution is -2.50. The Labute approximate surface area is 225 Å². The Morgan fingerprint density at radius 2 is 1.71 bits per heavy atom. The summed E-state index contributed by atoms with van der Waals surface area (Å²) in [5, 5.41) is 6.23. The Balaban J connectivity index is 1.22. The smallest absolute Gasteiger partial charge is 0.260 e. The number of anilines is 1. The maximum absolute atomic E-state index is 12.8. The summed E-state index contributed by atoms with van der Waals surface area (Å²) in [5.74, 6) is 2.55. The van der Waals surface area contributed by atoms with Gasteiger partial charge in [0.2, 0.25) is 0 Å². The standard InChI is InChI=1S/C28H29ClN6O3/c29-21-6-8-23(9-7-21)38-19-25(36)33-12-14-34(15-13-33)27-24-18-30-35(22-4-2-1-3-5-22)28(24)32-26(31-27)20-10-16-37-17-11-20/h1-9,18,20H,10-17,19H2. The van der Waals surface area contributed by atoms with Crippen molar-refractivity contribution in [3.8, 4) is 11.4 Å². The van der Waals surface area contributed by atoms with Crippen molar-refractivity contribution in [2.45, 2.75) is 18.8 Å². The summed E-state index contributed by atoms with van der Waals surface area (Å²) in [4.78, 5) is 27.0. The van der Waals surface area contributed by atoms with Crippen LogP contribution in [0.15, 0.2) is 60.8 Å². The molecule has 38 heavy (non-hydrogen) atoms. The van der Waals surface area contributed by atoms with Gasteiger partial charge in [-0.3, -0.25) is 4.79 Å². The average Bonchev–Trinajstić information content (AvgIpc) is 3.41. The molecule has 2 aliphatic heterocycles. The molecule has 2 aliphatic rings. The van der Waals surface area contributed by atoms with Crippen LogP contribution >= 0.6 is 11.6 Å². The van der Waals surface area contributed by atoms with E-state index < -0.39 is 0 Å². The predicted molar refractivity (Wildman–Crippen MR) is 145 cm³/mol. The molecule has 4 heterocycles. The number of piperazine rings is 1. The number of carbonyl (C=O) groups excluding carboxylic acids is 1. The molecule has 0 atom stereocenters. The van der Waals surface area contributed by atoms with Gasteiger partial charge in [0.1, 0.15) is 17.4 Å². The minimum Gasteiger partial charge on any atom is -0.484 e. The number of benzene rings is 2. The maximum atomic E-state index is 12.8. The third-order valence-electron chi connectivity index (χ3n) is 7.12. The molecular formula is C28H29ClN6O3. The molecule has 2 fully saturated rings. The van der Waals surface area contributed by atoms with Crippen LogP contribution in [0.4, 0.5) is 5.82 Å². The number of aromatic nitrogens is 4. The summed E-state index contributed by atoms with van der Waals surface area (Å²) in [5.41, 5.74) is 1.76. The molecule has 196 valence electrons. The Morgan fingerprint density at radius 1 is 0.974 bits per heavy atom. The lowest BCUT2D eigenvalue weighted by molar-refractivity contribution is -0.133. The quantitative estimate of drug-likeness (QED) is 0.370. The number of amides is 1. The first-order chi connectivity index (χ1) is 18.7. The van der Waals surface area contributed by atoms with Crippen molar-refractivity contribution in [3.05, 3.63) is 71.6 Å². The summed E-state index contributed by atoms with van der Waals surface area (Å²) in [6.07, 6.45) is 3.66. The van der Waals surface area contributed by atoms with Gasteiger partial charge in [0, 0.05) is 50.3 Å². The minimum atomic E-state index is -0.0350. The molecule has 0 saturated carbocycles. The minimum absolute atomic E-state index is 0.00285. The summed E-state index contributed by atoms with van der Waals surface area (Å²) >= 11 is 5.93. The normalized spacial score (nSPS) is 16.7. The second kappa shape index (κ2) is 11.0. The first-order valence-electron chi connectivity index (χ1n) is 13.0. The highest BCUT2D eigenvalue weighted by atomic mass is 35.5. The highest BCUT2D eigenvalue weighted by molar-refractivity contribution is 6.30. The monoisotopic (exact) mass is 532 g/mol. The van der Waals surface area contributed by atoms with E-state index >= 15 is 0 Å². The Kier molecular flexibility index (Phi) is 7.11. The van der Waals surface area contributed by atoms with Gasteiger partial charge in [-0.25, -0.2) is 14.6 Å². The van der Waals surface area contributed by atoms with Gasteiger partial charge in [-0.05, 0) is 49.2 Å². The number of halogens is 1. The largest absolute Gasteiger partial charge is 0.484 e. The third kappa shape index (κ3) is 5.16. The second-order valence-corrected chi connectivity index (χ2v) is 9.97. The summed E-state index contributed by atoms with van der Waals surface area (Å²) in [7, 11) is 0. The molecule has 2 saturated heterocycles. The van der Waals surface area contributed by atoms with Gasteiger partial charge in [0.05, 0.1) is 17.3 Å². The number of nitrogens with zero attached hydrogens (tertiary/aromatic N) is 6. The van der Waals surface area contributed by atoms with E-state index in [0.29, 0.717) is 37.0 Å². The fourth-order valence-electron chi connectivity index (χ4n) is 4.98. The van der Waals surface area contributed by atoms with Crippen LogP contribution in [0.5, 0.6) is 5.75 Å². The van der Waals surface area contributed by atoms with Crippen LogP contribution in [-0.4, -0.2) is 76.6 Å². The molecular weight excluding hydrogens is 504 g/mol. The molecule has 0 N–H and O–H groups in total. The molecule has 10 heteroatoms. The van der Waals surface area contributed by atoms with E-state index in [9.17, 15) is 4.79 Å². The van der Waals surface area contributed by atoms with Gasteiger partial charge < -0.3 is 19.3 Å². The number of carbonyl (C=O) groups is 1. The van der Waals surface area contributed by atoms with E-state index in [1.807, 2.05) is 46.1 Å². The molecule has 0 bridgehead atoms. The molecule has 0 unspecified atom stereocenters. The van der Waals surface area contributed by atoms with Gasteiger partial charge in [-0.2, -0.15) is 5.10 Å². The topological polar surface area (TPSA) is 85.6 Å². The molecule has 9 nitrogen and oxygen atoms in total. The van der Waals surface area contributed by atoms with Crippen molar-refractivity contribution in [2.75, 3.05) is 50.9 Å². The number of rotatable bonds is 6. The highest BCUT2D eigenvalue weighted by Gasteiger charge is 2.27. The van der Waals surface area contributed by atoms with Crippen LogP contribution in [0, 0.1) is 0 Å². The molecule has 0 spiro atoms. The average molecular weight is 533 g/mol. The molecule has 2 aromatic heterocycles. The fourth-order valence-corrected chi connectivity index (χ4v) is 5.11. The van der Waals surface area contributed by atoms with Crippen LogP contribution in [0.25, 0.3) is 16.7 Å². The van der Waals surface area contributed by atoms with Gasteiger partial charge in [-0.15, -0.1) is 0 Å². The zero-order valence-electron chi connectivity index (χ0n) is 21.0. The Hall–Kier alpha value is -3.69. The van der Waals surface area contributed by atoms with Gasteiger partial charge in [0.15, 0.2) is 12.3 Å². The van der Waals surface area contributed by atoms with Gasteiger partial charge in [-0.1, -0.05) is 29.8 Å². The van der Waals surface area contributed by atoms with E-state index in [0.717, 1.165) is 54.4 Å². The van der Waals surface area contributed by atoms with Crippen molar-refractivity contribution in [2.24, 2.45) is 0 Å². The molecule has 0 radical (unpaired) electrons. The van der Waals surface area contributed by atoms with Crippen LogP contribution in [0.3, 0.4) is 0 Å². The van der Waals surface area contributed by atoms with Crippen LogP contribution in [-0.2, 0) is 9.53 Å². The first-order valence-corrected chi connectivity index (χ1v) is 13.3. The second-order valence-electron chi connectivity index (χ2n) is 9.53. The number of ether oxygens (including phenoxy) is 2. The molecule has 2 aromatic carbocycles.